The van der Waals surface area contributed by atoms with E-state index in [1.165, 1.54) is 5.56 Å². The van der Waals surface area contributed by atoms with Crippen LogP contribution in [-0.4, -0.2) is 13.7 Å². The standard InChI is InChI=1S/C18H27NO2/c1-5-15-9-10-16(17(13-15)20-4)21-12-8-6-7-11-18(2,3)14-19/h9-10,13H,5-8,11-12H2,1-4H3. The lowest BCUT2D eigenvalue weighted by Crippen LogP contribution is -2.07. The number of unbranched alkanes of at least 4 members (excludes halogenated alkanes) is 2. The van der Waals surface area contributed by atoms with Crippen molar-refractivity contribution < 1.29 is 9.47 Å². The molecular formula is C18H27NO2. The Labute approximate surface area is 128 Å². The molecular weight excluding hydrogens is 262 g/mol. The summed E-state index contributed by atoms with van der Waals surface area (Å²) in [6, 6.07) is 8.43. The summed E-state index contributed by atoms with van der Waals surface area (Å²) in [6.07, 6.45) is 5.08. The van der Waals surface area contributed by atoms with E-state index in [0.29, 0.717) is 6.61 Å². The van der Waals surface area contributed by atoms with Crippen LogP contribution in [0, 0.1) is 16.7 Å². The van der Waals surface area contributed by atoms with Gasteiger partial charge in [-0.05, 0) is 50.8 Å². The van der Waals surface area contributed by atoms with Gasteiger partial charge >= 0.3 is 0 Å². The maximum atomic E-state index is 8.96. The lowest BCUT2D eigenvalue weighted by molar-refractivity contribution is 0.281. The van der Waals surface area contributed by atoms with E-state index in [0.717, 1.165) is 43.6 Å². The fourth-order valence-corrected chi connectivity index (χ4v) is 2.13. The van der Waals surface area contributed by atoms with Crippen molar-refractivity contribution in [3.63, 3.8) is 0 Å². The van der Waals surface area contributed by atoms with Gasteiger partial charge < -0.3 is 9.47 Å². The summed E-state index contributed by atoms with van der Waals surface area (Å²) in [7, 11) is 1.67. The zero-order valence-corrected chi connectivity index (χ0v) is 13.7. The van der Waals surface area contributed by atoms with Crippen molar-refractivity contribution in [1.29, 1.82) is 5.26 Å². The molecule has 0 spiro atoms. The highest BCUT2D eigenvalue weighted by molar-refractivity contribution is 5.42. The minimum atomic E-state index is -0.208. The summed E-state index contributed by atoms with van der Waals surface area (Å²) >= 11 is 0. The van der Waals surface area contributed by atoms with Crippen LogP contribution in [0.3, 0.4) is 0 Å². The smallest absolute Gasteiger partial charge is 0.161 e. The van der Waals surface area contributed by atoms with Gasteiger partial charge in [-0.2, -0.15) is 5.26 Å². The van der Waals surface area contributed by atoms with Crippen molar-refractivity contribution in [2.75, 3.05) is 13.7 Å². The second-order valence-electron chi connectivity index (χ2n) is 5.99. The van der Waals surface area contributed by atoms with E-state index in [4.69, 9.17) is 14.7 Å². The van der Waals surface area contributed by atoms with Crippen molar-refractivity contribution in [2.24, 2.45) is 5.41 Å². The molecule has 1 rings (SSSR count). The summed E-state index contributed by atoms with van der Waals surface area (Å²) in [5.74, 6) is 1.62. The molecule has 0 unspecified atom stereocenters. The monoisotopic (exact) mass is 289 g/mol. The first-order valence-corrected chi connectivity index (χ1v) is 7.73. The number of methoxy groups -OCH3 is 1. The van der Waals surface area contributed by atoms with Gasteiger partial charge in [0.05, 0.1) is 25.2 Å². The fourth-order valence-electron chi connectivity index (χ4n) is 2.13. The Morgan fingerprint density at radius 1 is 1.14 bits per heavy atom. The molecule has 116 valence electrons. The van der Waals surface area contributed by atoms with Gasteiger partial charge in [0.25, 0.3) is 0 Å². The highest BCUT2D eigenvalue weighted by Crippen LogP contribution is 2.28. The minimum absolute atomic E-state index is 0.208. The van der Waals surface area contributed by atoms with Crippen LogP contribution in [0.5, 0.6) is 11.5 Å². The second kappa shape index (κ2) is 8.56. The third-order valence-electron chi connectivity index (χ3n) is 3.64. The summed E-state index contributed by atoms with van der Waals surface area (Å²) in [4.78, 5) is 0. The predicted molar refractivity (Wildman–Crippen MR) is 85.7 cm³/mol. The van der Waals surface area contributed by atoms with Crippen molar-refractivity contribution in [1.82, 2.24) is 0 Å². The molecule has 0 aliphatic heterocycles. The first-order valence-electron chi connectivity index (χ1n) is 7.73. The number of aryl methyl sites for hydroxylation is 1. The Bertz CT molecular complexity index is 475. The number of hydrogen-bond donors (Lipinski definition) is 0. The van der Waals surface area contributed by atoms with E-state index in [1.54, 1.807) is 7.11 Å². The Balaban J connectivity index is 2.32. The maximum absolute atomic E-state index is 8.96. The van der Waals surface area contributed by atoms with Gasteiger partial charge in [0.1, 0.15) is 0 Å². The maximum Gasteiger partial charge on any atom is 0.161 e. The van der Waals surface area contributed by atoms with Crippen molar-refractivity contribution in [3.05, 3.63) is 23.8 Å². The van der Waals surface area contributed by atoms with E-state index < -0.39 is 0 Å². The largest absolute Gasteiger partial charge is 0.493 e. The first kappa shape index (κ1) is 17.4. The molecule has 0 N–H and O–H groups in total. The fraction of sp³-hybridized carbons (Fsp3) is 0.611. The number of benzene rings is 1. The summed E-state index contributed by atoms with van der Waals surface area (Å²) in [5, 5.41) is 8.96. The number of hydrogen-bond acceptors (Lipinski definition) is 3. The summed E-state index contributed by atoms with van der Waals surface area (Å²) in [5.41, 5.74) is 1.04. The Morgan fingerprint density at radius 2 is 1.90 bits per heavy atom. The zero-order valence-electron chi connectivity index (χ0n) is 13.7. The van der Waals surface area contributed by atoms with Crippen LogP contribution in [-0.2, 0) is 6.42 Å². The molecule has 0 aliphatic rings. The Kier molecular flexibility index (Phi) is 7.08. The van der Waals surface area contributed by atoms with Crippen LogP contribution in [0.15, 0.2) is 18.2 Å². The highest BCUT2D eigenvalue weighted by atomic mass is 16.5. The zero-order chi connectivity index (χ0) is 15.7. The topological polar surface area (TPSA) is 42.2 Å². The second-order valence-corrected chi connectivity index (χ2v) is 5.99. The van der Waals surface area contributed by atoms with Crippen LogP contribution < -0.4 is 9.47 Å². The van der Waals surface area contributed by atoms with Crippen LogP contribution in [0.1, 0.15) is 52.0 Å². The van der Waals surface area contributed by atoms with Gasteiger partial charge in [-0.15, -0.1) is 0 Å². The van der Waals surface area contributed by atoms with E-state index in [9.17, 15) is 0 Å². The molecule has 1 aromatic carbocycles. The molecule has 0 atom stereocenters. The van der Waals surface area contributed by atoms with Gasteiger partial charge in [0.2, 0.25) is 0 Å². The van der Waals surface area contributed by atoms with E-state index >= 15 is 0 Å². The first-order chi connectivity index (χ1) is 10.0. The molecule has 3 heteroatoms. The van der Waals surface area contributed by atoms with Gasteiger partial charge in [0, 0.05) is 0 Å². The number of nitriles is 1. The van der Waals surface area contributed by atoms with Crippen molar-refractivity contribution >= 4 is 0 Å². The summed E-state index contributed by atoms with van der Waals surface area (Å²) in [6.45, 7) is 6.79. The molecule has 0 saturated carbocycles. The number of rotatable bonds is 9. The number of ether oxygens (including phenoxy) is 2. The third-order valence-corrected chi connectivity index (χ3v) is 3.64. The normalized spacial score (nSPS) is 11.0. The van der Waals surface area contributed by atoms with Crippen LogP contribution in [0.4, 0.5) is 0 Å². The molecule has 0 bridgehead atoms. The molecule has 3 nitrogen and oxygen atoms in total. The lowest BCUT2D eigenvalue weighted by atomic mass is 9.89. The SMILES string of the molecule is CCc1ccc(OCCCCCC(C)(C)C#N)c(OC)c1. The average Bonchev–Trinajstić information content (AvgIpc) is 2.50. The van der Waals surface area contributed by atoms with Gasteiger partial charge in [0.15, 0.2) is 11.5 Å². The molecule has 0 radical (unpaired) electrons. The third kappa shape index (κ3) is 6.08. The average molecular weight is 289 g/mol. The highest BCUT2D eigenvalue weighted by Gasteiger charge is 2.15. The van der Waals surface area contributed by atoms with Crippen LogP contribution in [0.2, 0.25) is 0 Å². The molecule has 1 aromatic rings. The molecule has 0 aromatic heterocycles. The van der Waals surface area contributed by atoms with E-state index in [2.05, 4.69) is 19.1 Å². The molecule has 0 heterocycles. The van der Waals surface area contributed by atoms with Crippen molar-refractivity contribution in [2.45, 2.75) is 52.9 Å². The van der Waals surface area contributed by atoms with E-state index in [-0.39, 0.29) is 5.41 Å². The lowest BCUT2D eigenvalue weighted by Gasteiger charge is -2.14. The van der Waals surface area contributed by atoms with Gasteiger partial charge in [-0.3, -0.25) is 0 Å². The molecule has 0 amide bonds. The van der Waals surface area contributed by atoms with Gasteiger partial charge in [-0.1, -0.05) is 25.8 Å². The predicted octanol–water partition coefficient (Wildman–Crippen LogP) is 4.75. The van der Waals surface area contributed by atoms with E-state index in [1.807, 2.05) is 26.0 Å². The Hall–Kier alpha value is -1.69. The van der Waals surface area contributed by atoms with Gasteiger partial charge in [-0.25, -0.2) is 0 Å². The quantitative estimate of drug-likeness (QED) is 0.616. The molecule has 0 fully saturated rings. The molecule has 0 saturated heterocycles. The number of nitrogens with zero attached hydrogens (tertiary/aromatic N) is 1. The summed E-state index contributed by atoms with van der Waals surface area (Å²) < 4.78 is 11.2. The van der Waals surface area contributed by atoms with Crippen LogP contribution >= 0.6 is 0 Å². The Morgan fingerprint density at radius 3 is 2.52 bits per heavy atom. The molecule has 0 aliphatic carbocycles. The van der Waals surface area contributed by atoms with Crippen LogP contribution in [0.25, 0.3) is 0 Å². The minimum Gasteiger partial charge on any atom is -0.493 e. The molecule has 21 heavy (non-hydrogen) atoms. The van der Waals surface area contributed by atoms with Crippen molar-refractivity contribution in [3.8, 4) is 17.6 Å².